The van der Waals surface area contributed by atoms with Crippen LogP contribution in [-0.2, 0) is 25.7 Å². The maximum absolute atomic E-state index is 15.8. The number of alkyl halides is 3. The Hall–Kier alpha value is -3.03. The number of benzene rings is 3. The average Bonchev–Trinajstić information content (AvgIpc) is 2.99. The van der Waals surface area contributed by atoms with Gasteiger partial charge in [-0.25, -0.2) is 17.6 Å². The second-order valence-corrected chi connectivity index (χ2v) is 12.2. The zero-order chi connectivity index (χ0) is 30.7. The smallest absolute Gasteiger partial charge is 0.403 e. The number of hydrogen-bond acceptors (Lipinski definition) is 1. The molecule has 2 aliphatic rings. The first-order valence-electron chi connectivity index (χ1n) is 15.3. The molecule has 3 aromatic carbocycles. The highest BCUT2D eigenvalue weighted by atomic mass is 19.4. The number of hydrogen-bond donors (Lipinski definition) is 0. The van der Waals surface area contributed by atoms with E-state index in [1.165, 1.54) is 17.2 Å². The topological polar surface area (TPSA) is 9.23 Å². The highest BCUT2D eigenvalue weighted by molar-refractivity contribution is 5.41. The van der Waals surface area contributed by atoms with E-state index in [1.807, 2.05) is 0 Å². The van der Waals surface area contributed by atoms with Gasteiger partial charge in [0.1, 0.15) is 5.82 Å². The minimum Gasteiger partial charge on any atom is -0.403 e. The number of halogens is 7. The third kappa shape index (κ3) is 7.38. The van der Waals surface area contributed by atoms with Crippen molar-refractivity contribution in [3.05, 3.63) is 99.1 Å². The van der Waals surface area contributed by atoms with E-state index in [2.05, 4.69) is 35.9 Å². The van der Waals surface area contributed by atoms with E-state index in [9.17, 15) is 17.6 Å². The predicted molar refractivity (Wildman–Crippen MR) is 152 cm³/mol. The zero-order valence-corrected chi connectivity index (χ0v) is 24.3. The average molecular weight is 607 g/mol. The molecule has 232 valence electrons. The molecule has 3 aromatic rings. The van der Waals surface area contributed by atoms with Crippen molar-refractivity contribution in [1.82, 2.24) is 0 Å². The summed E-state index contributed by atoms with van der Waals surface area (Å²) >= 11 is 0. The van der Waals surface area contributed by atoms with Crippen LogP contribution in [0.2, 0.25) is 0 Å². The Bertz CT molecular complexity index is 1410. The van der Waals surface area contributed by atoms with Crippen LogP contribution in [0.15, 0.2) is 42.5 Å². The van der Waals surface area contributed by atoms with Crippen LogP contribution in [0.5, 0.6) is 5.75 Å². The van der Waals surface area contributed by atoms with Crippen molar-refractivity contribution < 1.29 is 35.5 Å². The molecule has 8 heteroatoms. The van der Waals surface area contributed by atoms with Gasteiger partial charge in [-0.3, -0.25) is 0 Å². The second kappa shape index (κ2) is 13.3. The molecule has 0 radical (unpaired) electrons. The number of rotatable bonds is 9. The van der Waals surface area contributed by atoms with Crippen LogP contribution in [0.1, 0.15) is 104 Å². The molecular weight excluding hydrogens is 569 g/mol. The summed E-state index contributed by atoms with van der Waals surface area (Å²) < 4.78 is 102. The molecule has 1 unspecified atom stereocenters. The number of ether oxygens (including phenoxy) is 1. The number of aryl methyl sites for hydroxylation is 2. The Balaban J connectivity index is 1.22. The van der Waals surface area contributed by atoms with Crippen LogP contribution in [-0.4, -0.2) is 6.36 Å². The van der Waals surface area contributed by atoms with Crippen LogP contribution >= 0.6 is 0 Å². The Morgan fingerprint density at radius 1 is 0.744 bits per heavy atom. The fourth-order valence-electron chi connectivity index (χ4n) is 6.91. The van der Waals surface area contributed by atoms with Crippen LogP contribution in [0.3, 0.4) is 0 Å². The fraction of sp³-hybridized carbons (Fsp3) is 0.486. The molecule has 0 spiro atoms. The van der Waals surface area contributed by atoms with Gasteiger partial charge in [0.2, 0.25) is 0 Å². The van der Waals surface area contributed by atoms with E-state index < -0.39 is 41.3 Å². The minimum absolute atomic E-state index is 0.148. The van der Waals surface area contributed by atoms with Crippen molar-refractivity contribution in [2.75, 3.05) is 0 Å². The first kappa shape index (κ1) is 31.4. The monoisotopic (exact) mass is 606 g/mol. The van der Waals surface area contributed by atoms with Gasteiger partial charge < -0.3 is 4.74 Å². The first-order chi connectivity index (χ1) is 20.5. The number of fused-ring (bicyclic) bond motifs is 1. The van der Waals surface area contributed by atoms with Crippen molar-refractivity contribution in [2.24, 2.45) is 5.92 Å². The Labute approximate surface area is 248 Å². The van der Waals surface area contributed by atoms with E-state index >= 15 is 13.2 Å². The summed E-state index contributed by atoms with van der Waals surface area (Å²) in [7, 11) is 0. The second-order valence-electron chi connectivity index (χ2n) is 12.2. The van der Waals surface area contributed by atoms with Crippen LogP contribution in [0.25, 0.3) is 0 Å². The molecular formula is C35H37F7O. The van der Waals surface area contributed by atoms with Crippen molar-refractivity contribution in [3.63, 3.8) is 0 Å². The van der Waals surface area contributed by atoms with Crippen molar-refractivity contribution in [3.8, 4) is 5.75 Å². The third-order valence-corrected chi connectivity index (χ3v) is 9.33. The summed E-state index contributed by atoms with van der Waals surface area (Å²) in [6, 6.07) is 11.9. The summed E-state index contributed by atoms with van der Waals surface area (Å²) in [6.07, 6.45) is 3.05. The lowest BCUT2D eigenvalue weighted by atomic mass is 9.73. The van der Waals surface area contributed by atoms with Gasteiger partial charge in [-0.2, -0.15) is 0 Å². The molecule has 1 nitrogen and oxygen atoms in total. The molecule has 0 bridgehead atoms. The molecule has 43 heavy (non-hydrogen) atoms. The molecule has 0 saturated heterocycles. The summed E-state index contributed by atoms with van der Waals surface area (Å²) in [6.45, 7) is 2.17. The van der Waals surface area contributed by atoms with Gasteiger partial charge in [-0.05, 0) is 128 Å². The maximum atomic E-state index is 15.8. The lowest BCUT2D eigenvalue weighted by molar-refractivity contribution is -0.275. The normalized spacial score (nSPS) is 20.6. The molecule has 1 saturated carbocycles. The van der Waals surface area contributed by atoms with Gasteiger partial charge in [-0.1, -0.05) is 43.7 Å². The standard InChI is InChI=1S/C35H37F7O/c1-2-3-4-21-5-7-22(8-6-21)9-10-23-11-17-27-28(19-23)33(38)34(39)31(32(27)37)25-14-12-24(13-15-25)26-16-18-30(29(36)20-26)43-35(40,41)42/h5-8,16,18,20,23-25H,2-4,9-15,17,19H2,1H3. The lowest BCUT2D eigenvalue weighted by Crippen LogP contribution is -2.23. The molecule has 2 aliphatic carbocycles. The molecule has 0 aliphatic heterocycles. The quantitative estimate of drug-likeness (QED) is 0.174. The summed E-state index contributed by atoms with van der Waals surface area (Å²) in [5.74, 6) is -5.28. The first-order valence-corrected chi connectivity index (χ1v) is 15.3. The fourth-order valence-corrected chi connectivity index (χ4v) is 6.91. The molecule has 1 fully saturated rings. The predicted octanol–water partition coefficient (Wildman–Crippen LogP) is 10.7. The van der Waals surface area contributed by atoms with E-state index in [4.69, 9.17) is 0 Å². The summed E-state index contributed by atoms with van der Waals surface area (Å²) in [4.78, 5) is 0. The Kier molecular flexibility index (Phi) is 9.72. The van der Waals surface area contributed by atoms with Gasteiger partial charge in [-0.15, -0.1) is 13.2 Å². The summed E-state index contributed by atoms with van der Waals surface area (Å²) in [5, 5.41) is 0. The van der Waals surface area contributed by atoms with Gasteiger partial charge in [0.25, 0.3) is 0 Å². The maximum Gasteiger partial charge on any atom is 0.573 e. The highest BCUT2D eigenvalue weighted by Gasteiger charge is 2.35. The van der Waals surface area contributed by atoms with Gasteiger partial charge in [0, 0.05) is 5.56 Å². The van der Waals surface area contributed by atoms with E-state index in [1.54, 1.807) is 0 Å². The minimum atomic E-state index is -5.00. The Morgan fingerprint density at radius 2 is 1.40 bits per heavy atom. The third-order valence-electron chi connectivity index (χ3n) is 9.33. The van der Waals surface area contributed by atoms with Gasteiger partial charge in [0.15, 0.2) is 23.2 Å². The van der Waals surface area contributed by atoms with Crippen LogP contribution in [0.4, 0.5) is 30.7 Å². The van der Waals surface area contributed by atoms with Crippen molar-refractivity contribution in [1.29, 1.82) is 0 Å². The van der Waals surface area contributed by atoms with Crippen LogP contribution in [0, 0.1) is 29.2 Å². The Morgan fingerprint density at radius 3 is 2.02 bits per heavy atom. The molecule has 5 rings (SSSR count). The van der Waals surface area contributed by atoms with E-state index in [0.717, 1.165) is 50.7 Å². The summed E-state index contributed by atoms with van der Waals surface area (Å²) in [5.41, 5.74) is 3.28. The van der Waals surface area contributed by atoms with Gasteiger partial charge >= 0.3 is 6.36 Å². The SMILES string of the molecule is CCCCc1ccc(CCC2CCc3c(F)c(C4CCC(c5ccc(OC(F)(F)F)c(F)c5)CC4)c(F)c(F)c3C2)cc1. The largest absolute Gasteiger partial charge is 0.573 e. The lowest BCUT2D eigenvalue weighted by Gasteiger charge is -2.32. The zero-order valence-electron chi connectivity index (χ0n) is 24.3. The van der Waals surface area contributed by atoms with Crippen molar-refractivity contribution in [2.45, 2.75) is 102 Å². The number of unbranched alkanes of at least 4 members (excludes halogenated alkanes) is 1. The van der Waals surface area contributed by atoms with E-state index in [-0.39, 0.29) is 28.5 Å². The molecule has 0 heterocycles. The van der Waals surface area contributed by atoms with Crippen LogP contribution < -0.4 is 4.74 Å². The van der Waals surface area contributed by atoms with Crippen molar-refractivity contribution >= 4 is 0 Å². The highest BCUT2D eigenvalue weighted by Crippen LogP contribution is 2.45. The molecule has 0 aromatic heterocycles. The van der Waals surface area contributed by atoms with Gasteiger partial charge in [0.05, 0.1) is 0 Å². The molecule has 0 amide bonds. The van der Waals surface area contributed by atoms with E-state index in [0.29, 0.717) is 44.1 Å². The molecule has 1 atom stereocenters. The molecule has 0 N–H and O–H groups in total.